The highest BCUT2D eigenvalue weighted by Crippen LogP contribution is 2.06. The predicted octanol–water partition coefficient (Wildman–Crippen LogP) is 0.583. The largest absolute Gasteiger partial charge is 0.392 e. The Morgan fingerprint density at radius 3 is 2.40 bits per heavy atom. The van der Waals surface area contributed by atoms with Gasteiger partial charge in [-0.15, -0.1) is 0 Å². The number of carbonyl (C=O) groups excluding carboxylic acids is 1. The zero-order chi connectivity index (χ0) is 15.1. The summed E-state index contributed by atoms with van der Waals surface area (Å²) in [5.41, 5.74) is 5.68. The Kier molecular flexibility index (Phi) is 7.40. The number of nitrogens with one attached hydrogen (secondary N) is 1. The van der Waals surface area contributed by atoms with E-state index in [9.17, 15) is 4.79 Å². The number of hydrogen-bond acceptors (Lipinski definition) is 4. The zero-order valence-electron chi connectivity index (χ0n) is 12.9. The number of rotatable bonds is 7. The smallest absolute Gasteiger partial charge is 0.234 e. The van der Waals surface area contributed by atoms with Gasteiger partial charge < -0.3 is 11.1 Å². The van der Waals surface area contributed by atoms with Crippen molar-refractivity contribution < 1.29 is 4.79 Å². The van der Waals surface area contributed by atoms with Crippen LogP contribution >= 0.6 is 12.2 Å². The molecule has 0 spiro atoms. The Morgan fingerprint density at radius 2 is 1.90 bits per heavy atom. The highest BCUT2D eigenvalue weighted by molar-refractivity contribution is 7.80. The van der Waals surface area contributed by atoms with Gasteiger partial charge in [0, 0.05) is 32.2 Å². The molecular weight excluding hydrogens is 272 g/mol. The van der Waals surface area contributed by atoms with E-state index in [1.807, 2.05) is 6.92 Å². The lowest BCUT2D eigenvalue weighted by Crippen LogP contribution is -2.54. The van der Waals surface area contributed by atoms with E-state index in [1.165, 1.54) is 0 Å². The Bertz CT molecular complexity index is 329. The van der Waals surface area contributed by atoms with Gasteiger partial charge in [0.1, 0.15) is 0 Å². The van der Waals surface area contributed by atoms with Gasteiger partial charge in [-0.1, -0.05) is 25.6 Å². The summed E-state index contributed by atoms with van der Waals surface area (Å²) in [6, 6.07) is 0.411. The minimum Gasteiger partial charge on any atom is -0.392 e. The fourth-order valence-corrected chi connectivity index (χ4v) is 2.67. The minimum atomic E-state index is 0.127. The number of nitrogens with zero attached hydrogens (tertiary/aromatic N) is 2. The molecule has 3 N–H and O–H groups in total. The Hall–Kier alpha value is -0.720. The number of piperazine rings is 1. The van der Waals surface area contributed by atoms with Gasteiger partial charge in [-0.05, 0) is 20.3 Å². The highest BCUT2D eigenvalue weighted by Gasteiger charge is 2.23. The normalized spacial score (nSPS) is 20.4. The minimum absolute atomic E-state index is 0.127. The summed E-state index contributed by atoms with van der Waals surface area (Å²) in [6.45, 7) is 10.3. The van der Waals surface area contributed by atoms with Crippen molar-refractivity contribution in [1.82, 2.24) is 15.1 Å². The number of nitrogens with two attached hydrogens (primary N) is 1. The highest BCUT2D eigenvalue weighted by atomic mass is 32.1. The standard InChI is InChI=1S/C14H28N4OS/c1-4-5-11(2)16-13(19)10-17-6-8-18(9-7-17)12(3)14(15)20/h11-12H,4-10H2,1-3H3,(H2,15,20)(H,16,19). The quantitative estimate of drug-likeness (QED) is 0.674. The van der Waals surface area contributed by atoms with E-state index in [2.05, 4.69) is 29.0 Å². The summed E-state index contributed by atoms with van der Waals surface area (Å²) in [6.07, 6.45) is 2.13. The third-order valence-corrected chi connectivity index (χ3v) is 4.20. The molecule has 0 bridgehead atoms. The van der Waals surface area contributed by atoms with Crippen LogP contribution in [0.1, 0.15) is 33.6 Å². The molecule has 20 heavy (non-hydrogen) atoms. The van der Waals surface area contributed by atoms with Gasteiger partial charge in [0.25, 0.3) is 0 Å². The summed E-state index contributed by atoms with van der Waals surface area (Å²) in [5, 5.41) is 3.05. The van der Waals surface area contributed by atoms with Crippen LogP contribution in [-0.4, -0.2) is 65.5 Å². The Labute approximate surface area is 127 Å². The van der Waals surface area contributed by atoms with Crippen LogP contribution < -0.4 is 11.1 Å². The first-order chi connectivity index (χ1) is 9.43. The Morgan fingerprint density at radius 1 is 1.30 bits per heavy atom. The monoisotopic (exact) mass is 300 g/mol. The molecule has 0 radical (unpaired) electrons. The van der Waals surface area contributed by atoms with E-state index in [1.54, 1.807) is 0 Å². The summed E-state index contributed by atoms with van der Waals surface area (Å²) in [7, 11) is 0. The molecule has 1 fully saturated rings. The van der Waals surface area contributed by atoms with Gasteiger partial charge in [-0.25, -0.2) is 0 Å². The third kappa shape index (κ3) is 5.73. The molecule has 0 saturated carbocycles. The van der Waals surface area contributed by atoms with Crippen LogP contribution in [0.3, 0.4) is 0 Å². The molecule has 1 aliphatic rings. The van der Waals surface area contributed by atoms with Crippen LogP contribution in [0.2, 0.25) is 0 Å². The van der Waals surface area contributed by atoms with Gasteiger partial charge in [0.15, 0.2) is 0 Å². The van der Waals surface area contributed by atoms with Crippen molar-refractivity contribution in [2.75, 3.05) is 32.7 Å². The van der Waals surface area contributed by atoms with Gasteiger partial charge in [0.2, 0.25) is 5.91 Å². The van der Waals surface area contributed by atoms with E-state index in [-0.39, 0.29) is 18.0 Å². The maximum Gasteiger partial charge on any atom is 0.234 e. The summed E-state index contributed by atoms with van der Waals surface area (Å²) in [4.78, 5) is 16.9. The SMILES string of the molecule is CCCC(C)NC(=O)CN1CCN(C(C)C(N)=S)CC1. The molecule has 1 saturated heterocycles. The Balaban J connectivity index is 2.28. The van der Waals surface area contributed by atoms with E-state index < -0.39 is 0 Å². The lowest BCUT2D eigenvalue weighted by atomic mass is 10.2. The predicted molar refractivity (Wildman–Crippen MR) is 86.8 cm³/mol. The number of amides is 1. The van der Waals surface area contributed by atoms with Crippen LogP contribution in [-0.2, 0) is 4.79 Å². The van der Waals surface area contributed by atoms with Crippen LogP contribution in [0, 0.1) is 0 Å². The fraction of sp³-hybridized carbons (Fsp3) is 0.857. The van der Waals surface area contributed by atoms with Gasteiger partial charge in [0.05, 0.1) is 17.6 Å². The van der Waals surface area contributed by atoms with E-state index in [0.717, 1.165) is 39.0 Å². The molecule has 116 valence electrons. The molecule has 0 aromatic heterocycles. The maximum atomic E-state index is 11.9. The number of hydrogen-bond donors (Lipinski definition) is 2. The second kappa shape index (κ2) is 8.54. The molecule has 0 aliphatic carbocycles. The van der Waals surface area contributed by atoms with Crippen molar-refractivity contribution in [3.8, 4) is 0 Å². The van der Waals surface area contributed by atoms with Crippen molar-refractivity contribution in [3.63, 3.8) is 0 Å². The van der Waals surface area contributed by atoms with Gasteiger partial charge in [-0.2, -0.15) is 0 Å². The molecule has 2 atom stereocenters. The molecule has 1 amide bonds. The van der Waals surface area contributed by atoms with Gasteiger partial charge >= 0.3 is 0 Å². The summed E-state index contributed by atoms with van der Waals surface area (Å²) >= 11 is 5.03. The van der Waals surface area contributed by atoms with Crippen molar-refractivity contribution in [2.24, 2.45) is 5.73 Å². The molecular formula is C14H28N4OS. The lowest BCUT2D eigenvalue weighted by molar-refractivity contribution is -0.123. The zero-order valence-corrected chi connectivity index (χ0v) is 13.7. The second-order valence-corrected chi connectivity index (χ2v) is 6.12. The van der Waals surface area contributed by atoms with Crippen molar-refractivity contribution in [3.05, 3.63) is 0 Å². The number of thiocarbonyl (C=S) groups is 1. The molecule has 1 heterocycles. The first-order valence-electron chi connectivity index (χ1n) is 7.49. The molecule has 1 rings (SSSR count). The molecule has 5 nitrogen and oxygen atoms in total. The van der Waals surface area contributed by atoms with E-state index in [0.29, 0.717) is 11.5 Å². The topological polar surface area (TPSA) is 61.6 Å². The van der Waals surface area contributed by atoms with Gasteiger partial charge in [-0.3, -0.25) is 14.6 Å². The maximum absolute atomic E-state index is 11.9. The van der Waals surface area contributed by atoms with Crippen LogP contribution in [0.15, 0.2) is 0 Å². The lowest BCUT2D eigenvalue weighted by Gasteiger charge is -2.37. The average molecular weight is 300 g/mol. The summed E-state index contributed by atoms with van der Waals surface area (Å²) in [5.74, 6) is 0.127. The first kappa shape index (κ1) is 17.3. The molecule has 6 heteroatoms. The second-order valence-electron chi connectivity index (χ2n) is 5.65. The van der Waals surface area contributed by atoms with Crippen molar-refractivity contribution in [2.45, 2.75) is 45.7 Å². The van der Waals surface area contributed by atoms with Crippen LogP contribution in [0.25, 0.3) is 0 Å². The summed E-state index contributed by atoms with van der Waals surface area (Å²) < 4.78 is 0. The number of carbonyl (C=O) groups is 1. The average Bonchev–Trinajstić information content (AvgIpc) is 2.38. The van der Waals surface area contributed by atoms with Crippen molar-refractivity contribution in [1.29, 1.82) is 0 Å². The molecule has 2 unspecified atom stereocenters. The third-order valence-electron chi connectivity index (χ3n) is 3.86. The van der Waals surface area contributed by atoms with Crippen LogP contribution in [0.4, 0.5) is 0 Å². The van der Waals surface area contributed by atoms with Crippen LogP contribution in [0.5, 0.6) is 0 Å². The molecule has 0 aromatic rings. The van der Waals surface area contributed by atoms with E-state index in [4.69, 9.17) is 18.0 Å². The molecule has 1 aliphatic heterocycles. The first-order valence-corrected chi connectivity index (χ1v) is 7.90. The van der Waals surface area contributed by atoms with E-state index >= 15 is 0 Å². The molecule has 0 aromatic carbocycles. The fourth-order valence-electron chi connectivity index (χ4n) is 2.52. The van der Waals surface area contributed by atoms with Crippen molar-refractivity contribution >= 4 is 23.1 Å².